The minimum Gasteiger partial charge on any atom is -0.513 e. The molecule has 0 aromatic heterocycles. The molecule has 0 saturated heterocycles. The highest BCUT2D eigenvalue weighted by Gasteiger charge is 2.18. The first-order valence-electron chi connectivity index (χ1n) is 3.33. The summed E-state index contributed by atoms with van der Waals surface area (Å²) in [6.07, 6.45) is 3.11. The fourth-order valence-electron chi connectivity index (χ4n) is 0.941. The summed E-state index contributed by atoms with van der Waals surface area (Å²) in [6.45, 7) is 0.686. The average Bonchev–Trinajstić information content (AvgIpc) is 1.86. The van der Waals surface area contributed by atoms with E-state index in [4.69, 9.17) is 5.11 Å². The smallest absolute Gasteiger partial charge is 0.316 e. The molecule has 6 heteroatoms. The maximum atomic E-state index is 10.9. The number of aliphatic hydroxyl groups excluding tert-OH is 1. The van der Waals surface area contributed by atoms with Crippen LogP contribution in [0.4, 0.5) is 0 Å². The zero-order valence-corrected chi connectivity index (χ0v) is 7.13. The summed E-state index contributed by atoms with van der Waals surface area (Å²) in [4.78, 5) is 0. The van der Waals surface area contributed by atoms with Gasteiger partial charge < -0.3 is 5.11 Å². The van der Waals surface area contributed by atoms with Crippen molar-refractivity contribution < 1.29 is 13.5 Å². The fraction of sp³-hybridized carbons (Fsp3) is 0.667. The lowest BCUT2D eigenvalue weighted by molar-refractivity contribution is 0.334. The van der Waals surface area contributed by atoms with E-state index in [2.05, 4.69) is 0 Å². The molecule has 0 unspecified atom stereocenters. The molecule has 1 N–H and O–H groups in total. The lowest BCUT2D eigenvalue weighted by Crippen LogP contribution is -2.33. The summed E-state index contributed by atoms with van der Waals surface area (Å²) in [5.74, 6) is 0.282. The molecule has 1 aliphatic heterocycles. The summed E-state index contributed by atoms with van der Waals surface area (Å²) in [6, 6.07) is 0. The van der Waals surface area contributed by atoms with Crippen molar-refractivity contribution in [2.45, 2.75) is 6.42 Å². The Hall–Kier alpha value is 0.216. The van der Waals surface area contributed by atoms with Crippen molar-refractivity contribution in [1.29, 1.82) is 0 Å². The Bertz CT molecular complexity index is 273. The van der Waals surface area contributed by atoms with E-state index in [0.717, 1.165) is 0 Å². The van der Waals surface area contributed by atoms with Crippen LogP contribution in [0.15, 0.2) is 11.8 Å². The van der Waals surface area contributed by atoms with Gasteiger partial charge in [0.05, 0.1) is 12.0 Å². The molecule has 0 aromatic rings. The third-order valence-electron chi connectivity index (χ3n) is 1.62. The van der Waals surface area contributed by atoms with Crippen LogP contribution in [-0.4, -0.2) is 60.2 Å². The third kappa shape index (κ3) is 3.30. The van der Waals surface area contributed by atoms with Gasteiger partial charge in [-0.05, 0) is 6.08 Å². The number of hydrogen-bond acceptors (Lipinski definition) is 3. The Morgan fingerprint density at radius 1 is 1.58 bits per heavy atom. The summed E-state index contributed by atoms with van der Waals surface area (Å²) in [5.41, 5.74) is 0. The van der Waals surface area contributed by atoms with E-state index in [9.17, 15) is 8.42 Å². The molecule has 0 bridgehead atoms. The van der Waals surface area contributed by atoms with E-state index in [1.807, 2.05) is 0 Å². The van der Waals surface area contributed by atoms with Gasteiger partial charge in [0, 0.05) is 19.5 Å². The van der Waals surface area contributed by atoms with Crippen LogP contribution >= 0.6 is 0 Å². The topological polar surface area (TPSA) is 57.6 Å². The van der Waals surface area contributed by atoms with Gasteiger partial charge in [-0.2, -0.15) is 4.31 Å². The summed E-state index contributed by atoms with van der Waals surface area (Å²) >= 11 is 0. The van der Waals surface area contributed by atoms with Crippen molar-refractivity contribution in [3.8, 4) is 0 Å². The molecule has 0 saturated carbocycles. The van der Waals surface area contributed by atoms with Crippen molar-refractivity contribution in [1.82, 2.24) is 4.31 Å². The quantitative estimate of drug-likeness (QED) is 0.567. The fourth-order valence-corrected chi connectivity index (χ4v) is 1.71. The van der Waals surface area contributed by atoms with Crippen LogP contribution in [0.3, 0.4) is 0 Å². The van der Waals surface area contributed by atoms with E-state index in [1.165, 1.54) is 16.6 Å². The molecule has 4 nitrogen and oxygen atoms in total. The molecule has 0 fully saturated rings. The van der Waals surface area contributed by atoms with E-state index >= 15 is 0 Å². The van der Waals surface area contributed by atoms with E-state index in [-0.39, 0.29) is 28.8 Å². The zero-order chi connectivity index (χ0) is 8.48. The van der Waals surface area contributed by atoms with Gasteiger partial charge in [-0.3, -0.25) is 0 Å². The molecule has 0 amide bonds. The Morgan fingerprint density at radius 3 is 2.50 bits per heavy atom. The first-order valence-corrected chi connectivity index (χ1v) is 5.18. The first-order chi connectivity index (χ1) is 5.00. The first kappa shape index (κ1) is 12.2. The molecule has 0 radical (unpaired) electrons. The van der Waals surface area contributed by atoms with Crippen LogP contribution in [0.25, 0.3) is 0 Å². The molecule has 0 aromatic carbocycles. The van der Waals surface area contributed by atoms with Crippen molar-refractivity contribution in [3.05, 3.63) is 11.8 Å². The number of nitrogens with zero attached hydrogens (tertiary/aromatic N) is 1. The zero-order valence-electron chi connectivity index (χ0n) is 6.32. The van der Waals surface area contributed by atoms with Gasteiger partial charge in [0.1, 0.15) is 0 Å². The molecule has 68 valence electrons. The van der Waals surface area contributed by atoms with Gasteiger partial charge >= 0.3 is 23.1 Å². The van der Waals surface area contributed by atoms with Crippen LogP contribution in [0.1, 0.15) is 6.42 Å². The normalized spacial score (nSPS) is 19.6. The molecule has 1 aliphatic rings. The van der Waals surface area contributed by atoms with Gasteiger partial charge in [-0.25, -0.2) is 8.42 Å². The molecule has 1 rings (SSSR count). The number of hydrogen-bond donors (Lipinski definition) is 1. The summed E-state index contributed by atoms with van der Waals surface area (Å²) in [5, 5.41) is 8.93. The van der Waals surface area contributed by atoms with E-state index in [1.54, 1.807) is 0 Å². The lowest BCUT2D eigenvalue weighted by Gasteiger charge is -2.21. The highest BCUT2D eigenvalue weighted by atomic mass is 32.2. The Morgan fingerprint density at radius 2 is 2.17 bits per heavy atom. The maximum Gasteiger partial charge on any atom is 0.316 e. The van der Waals surface area contributed by atoms with Crippen molar-refractivity contribution >= 4 is 33.1 Å². The van der Waals surface area contributed by atoms with Gasteiger partial charge in [0.25, 0.3) is 0 Å². The van der Waals surface area contributed by atoms with Crippen LogP contribution in [0, 0.1) is 0 Å². The summed E-state index contributed by atoms with van der Waals surface area (Å²) < 4.78 is 23.1. The number of rotatable bonds is 1. The van der Waals surface area contributed by atoms with Crippen LogP contribution in [-0.2, 0) is 10.0 Å². The van der Waals surface area contributed by atoms with Crippen molar-refractivity contribution in [2.24, 2.45) is 0 Å². The molecule has 1 heterocycles. The Kier molecular flexibility index (Phi) is 4.53. The molecular weight excluding hydrogens is 190 g/mol. The van der Waals surface area contributed by atoms with Gasteiger partial charge in [-0.1, -0.05) is 0 Å². The predicted molar refractivity (Wildman–Crippen MR) is 50.3 cm³/mol. The van der Waals surface area contributed by atoms with Crippen LogP contribution in [0.5, 0.6) is 0 Å². The highest BCUT2D eigenvalue weighted by molar-refractivity contribution is 7.88. The number of aliphatic hydroxyl groups is 1. The lowest BCUT2D eigenvalue weighted by atomic mass is 10.3. The second kappa shape index (κ2) is 4.45. The highest BCUT2D eigenvalue weighted by Crippen LogP contribution is 2.09. The van der Waals surface area contributed by atoms with Crippen molar-refractivity contribution in [2.75, 3.05) is 19.3 Å². The molecule has 12 heavy (non-hydrogen) atoms. The maximum absolute atomic E-state index is 10.9. The Balaban J connectivity index is 0.00000121. The third-order valence-corrected chi connectivity index (χ3v) is 2.89. The van der Waals surface area contributed by atoms with Gasteiger partial charge in [0.15, 0.2) is 0 Å². The van der Waals surface area contributed by atoms with Crippen molar-refractivity contribution in [3.63, 3.8) is 0 Å². The largest absolute Gasteiger partial charge is 0.513 e. The predicted octanol–water partition coefficient (Wildman–Crippen LogP) is -0.823. The van der Waals surface area contributed by atoms with Crippen LogP contribution in [0.2, 0.25) is 0 Å². The minimum absolute atomic E-state index is 0. The molecular formula is C6H13MgNO3S. The second-order valence-electron chi connectivity index (χ2n) is 2.57. The monoisotopic (exact) mass is 203 g/mol. The van der Waals surface area contributed by atoms with Crippen LogP contribution < -0.4 is 0 Å². The molecule has 0 aliphatic carbocycles. The molecule has 0 atom stereocenters. The molecule has 0 spiro atoms. The van der Waals surface area contributed by atoms with Gasteiger partial charge in [0.2, 0.25) is 10.0 Å². The van der Waals surface area contributed by atoms with Gasteiger partial charge in [-0.15, -0.1) is 0 Å². The van der Waals surface area contributed by atoms with E-state index in [0.29, 0.717) is 19.5 Å². The second-order valence-corrected chi connectivity index (χ2v) is 4.55. The number of sulfonamides is 1. The van der Waals surface area contributed by atoms with E-state index < -0.39 is 10.0 Å². The minimum atomic E-state index is -3.07. The Labute approximate surface area is 88.5 Å². The SMILES string of the molecule is CS(=O)(=O)N1CC=C(O)CC1.[MgH2]. The average molecular weight is 204 g/mol. The standard InChI is InChI=1S/C6H11NO3S.Mg.2H/c1-11(9,10)7-4-2-6(8)3-5-7;;;/h2,8H,3-5H2,1H3;;;. The summed E-state index contributed by atoms with van der Waals surface area (Å²) in [7, 11) is -3.07.